The van der Waals surface area contributed by atoms with E-state index in [-0.39, 0.29) is 11.1 Å². The standard InChI is InChI=1S/C11H10ClFN2S/c12-8-4-3-7(6-9(8)13)11(15-14)10-2-1-5-16-10/h1-6,11,15H,14H2. The second-order valence-corrected chi connectivity index (χ2v) is 4.68. The molecule has 0 saturated carbocycles. The Labute approximate surface area is 102 Å². The number of hydrazine groups is 1. The lowest BCUT2D eigenvalue weighted by molar-refractivity contribution is 0.609. The van der Waals surface area contributed by atoms with Crippen molar-refractivity contribution in [3.05, 3.63) is 57.0 Å². The van der Waals surface area contributed by atoms with Crippen LogP contribution in [0.5, 0.6) is 0 Å². The van der Waals surface area contributed by atoms with E-state index < -0.39 is 5.82 Å². The Bertz CT molecular complexity index is 473. The highest BCUT2D eigenvalue weighted by Crippen LogP contribution is 2.27. The molecule has 0 saturated heterocycles. The highest BCUT2D eigenvalue weighted by atomic mass is 35.5. The number of rotatable bonds is 3. The molecule has 16 heavy (non-hydrogen) atoms. The predicted octanol–water partition coefficient (Wildman–Crippen LogP) is 3.09. The van der Waals surface area contributed by atoms with Crippen molar-refractivity contribution in [3.63, 3.8) is 0 Å². The van der Waals surface area contributed by atoms with Crippen molar-refractivity contribution in [3.8, 4) is 0 Å². The highest BCUT2D eigenvalue weighted by Gasteiger charge is 2.14. The first kappa shape index (κ1) is 11.5. The van der Waals surface area contributed by atoms with Crippen LogP contribution in [-0.2, 0) is 0 Å². The fourth-order valence-corrected chi connectivity index (χ4v) is 2.42. The minimum atomic E-state index is -0.434. The molecule has 1 aromatic heterocycles. The number of hydrogen-bond acceptors (Lipinski definition) is 3. The summed E-state index contributed by atoms with van der Waals surface area (Å²) < 4.78 is 13.3. The average molecular weight is 257 g/mol. The number of benzene rings is 1. The summed E-state index contributed by atoms with van der Waals surface area (Å²) in [5.74, 6) is 5.05. The molecule has 0 fully saturated rings. The lowest BCUT2D eigenvalue weighted by atomic mass is 10.1. The van der Waals surface area contributed by atoms with Gasteiger partial charge in [0.05, 0.1) is 11.1 Å². The summed E-state index contributed by atoms with van der Waals surface area (Å²) in [6, 6.07) is 8.36. The van der Waals surface area contributed by atoms with Crippen LogP contribution in [0.2, 0.25) is 5.02 Å². The van der Waals surface area contributed by atoms with E-state index in [1.54, 1.807) is 17.4 Å². The van der Waals surface area contributed by atoms with E-state index in [0.717, 1.165) is 10.4 Å². The van der Waals surface area contributed by atoms with E-state index in [2.05, 4.69) is 5.43 Å². The van der Waals surface area contributed by atoms with Gasteiger partial charge in [0, 0.05) is 4.88 Å². The number of nitrogens with one attached hydrogen (secondary N) is 1. The molecule has 0 bridgehead atoms. The van der Waals surface area contributed by atoms with Gasteiger partial charge in [-0.3, -0.25) is 5.84 Å². The molecule has 0 radical (unpaired) electrons. The SMILES string of the molecule is NNC(c1ccc(Cl)c(F)c1)c1cccs1. The predicted molar refractivity (Wildman–Crippen MR) is 64.9 cm³/mol. The Balaban J connectivity index is 2.37. The van der Waals surface area contributed by atoms with Gasteiger partial charge in [0.25, 0.3) is 0 Å². The molecular formula is C11H10ClFN2S. The van der Waals surface area contributed by atoms with Crippen molar-refractivity contribution in [1.82, 2.24) is 5.43 Å². The summed E-state index contributed by atoms with van der Waals surface area (Å²) in [5, 5.41) is 2.07. The summed E-state index contributed by atoms with van der Waals surface area (Å²) in [6.07, 6.45) is 0. The maximum absolute atomic E-state index is 13.3. The first-order chi connectivity index (χ1) is 7.72. The Morgan fingerprint density at radius 2 is 2.19 bits per heavy atom. The van der Waals surface area contributed by atoms with Gasteiger partial charge in [0.15, 0.2) is 0 Å². The van der Waals surface area contributed by atoms with Crippen LogP contribution in [0.15, 0.2) is 35.7 Å². The fourth-order valence-electron chi connectivity index (χ4n) is 1.49. The van der Waals surface area contributed by atoms with Crippen LogP contribution in [0.4, 0.5) is 4.39 Å². The molecule has 2 aromatic rings. The summed E-state index contributed by atoms with van der Waals surface area (Å²) in [6.45, 7) is 0. The van der Waals surface area contributed by atoms with Crippen molar-refractivity contribution in [2.75, 3.05) is 0 Å². The Hall–Kier alpha value is -0.940. The van der Waals surface area contributed by atoms with Crippen molar-refractivity contribution >= 4 is 22.9 Å². The molecule has 0 aliphatic heterocycles. The largest absolute Gasteiger partial charge is 0.271 e. The zero-order chi connectivity index (χ0) is 11.5. The van der Waals surface area contributed by atoms with E-state index in [1.807, 2.05) is 17.5 Å². The monoisotopic (exact) mass is 256 g/mol. The zero-order valence-electron chi connectivity index (χ0n) is 8.28. The van der Waals surface area contributed by atoms with Gasteiger partial charge >= 0.3 is 0 Å². The average Bonchev–Trinajstić information content (AvgIpc) is 2.78. The highest BCUT2D eigenvalue weighted by molar-refractivity contribution is 7.10. The molecular weight excluding hydrogens is 247 g/mol. The molecule has 0 aliphatic carbocycles. The first-order valence-corrected chi connectivity index (χ1v) is 5.92. The van der Waals surface area contributed by atoms with E-state index in [1.165, 1.54) is 12.1 Å². The lowest BCUT2D eigenvalue weighted by Crippen LogP contribution is -2.28. The van der Waals surface area contributed by atoms with Gasteiger partial charge in [-0.05, 0) is 29.1 Å². The number of halogens is 2. The van der Waals surface area contributed by atoms with Crippen molar-refractivity contribution < 1.29 is 4.39 Å². The molecule has 1 atom stereocenters. The maximum Gasteiger partial charge on any atom is 0.142 e. The quantitative estimate of drug-likeness (QED) is 0.654. The van der Waals surface area contributed by atoms with Crippen LogP contribution >= 0.6 is 22.9 Å². The molecule has 1 aromatic carbocycles. The van der Waals surface area contributed by atoms with Crippen LogP contribution in [0.25, 0.3) is 0 Å². The van der Waals surface area contributed by atoms with Crippen LogP contribution in [0.3, 0.4) is 0 Å². The maximum atomic E-state index is 13.3. The lowest BCUT2D eigenvalue weighted by Gasteiger charge is -2.14. The third-order valence-electron chi connectivity index (χ3n) is 2.27. The molecule has 5 heteroatoms. The van der Waals surface area contributed by atoms with Gasteiger partial charge in [-0.2, -0.15) is 0 Å². The van der Waals surface area contributed by atoms with E-state index >= 15 is 0 Å². The van der Waals surface area contributed by atoms with Crippen molar-refractivity contribution in [1.29, 1.82) is 0 Å². The molecule has 1 unspecified atom stereocenters. The summed E-state index contributed by atoms with van der Waals surface area (Å²) >= 11 is 7.19. The van der Waals surface area contributed by atoms with Crippen LogP contribution in [0.1, 0.15) is 16.5 Å². The summed E-state index contributed by atoms with van der Waals surface area (Å²) in [5.41, 5.74) is 3.42. The van der Waals surface area contributed by atoms with Crippen molar-refractivity contribution in [2.24, 2.45) is 5.84 Å². The van der Waals surface area contributed by atoms with Gasteiger partial charge in [-0.15, -0.1) is 11.3 Å². The first-order valence-electron chi connectivity index (χ1n) is 4.67. The molecule has 2 nitrogen and oxygen atoms in total. The van der Waals surface area contributed by atoms with E-state index in [0.29, 0.717) is 0 Å². The normalized spacial score (nSPS) is 12.7. The molecule has 0 amide bonds. The summed E-state index contributed by atoms with van der Waals surface area (Å²) in [7, 11) is 0. The van der Waals surface area contributed by atoms with Crippen LogP contribution in [0, 0.1) is 5.82 Å². The molecule has 0 aliphatic rings. The van der Waals surface area contributed by atoms with E-state index in [4.69, 9.17) is 17.4 Å². The molecule has 2 rings (SSSR count). The second kappa shape index (κ2) is 4.93. The molecule has 1 heterocycles. The minimum absolute atomic E-state index is 0.116. The molecule has 3 N–H and O–H groups in total. The van der Waals surface area contributed by atoms with Gasteiger partial charge in [0.1, 0.15) is 5.82 Å². The Morgan fingerprint density at radius 1 is 1.38 bits per heavy atom. The third-order valence-corrected chi connectivity index (χ3v) is 3.52. The molecule has 0 spiro atoms. The topological polar surface area (TPSA) is 38.0 Å². The van der Waals surface area contributed by atoms with Gasteiger partial charge in [0.2, 0.25) is 0 Å². The molecule has 84 valence electrons. The zero-order valence-corrected chi connectivity index (χ0v) is 9.86. The second-order valence-electron chi connectivity index (χ2n) is 3.29. The van der Waals surface area contributed by atoms with Crippen LogP contribution in [-0.4, -0.2) is 0 Å². The van der Waals surface area contributed by atoms with E-state index in [9.17, 15) is 4.39 Å². The van der Waals surface area contributed by atoms with Crippen molar-refractivity contribution in [2.45, 2.75) is 6.04 Å². The number of thiophene rings is 1. The van der Waals surface area contributed by atoms with Gasteiger partial charge in [-0.25, -0.2) is 9.82 Å². The van der Waals surface area contributed by atoms with Crippen LogP contribution < -0.4 is 11.3 Å². The van der Waals surface area contributed by atoms with Gasteiger partial charge in [-0.1, -0.05) is 23.7 Å². The van der Waals surface area contributed by atoms with Gasteiger partial charge < -0.3 is 0 Å². The fraction of sp³-hybridized carbons (Fsp3) is 0.0909. The number of hydrogen-bond donors (Lipinski definition) is 2. The Morgan fingerprint density at radius 3 is 2.75 bits per heavy atom. The number of nitrogens with two attached hydrogens (primary N) is 1. The summed E-state index contributed by atoms with van der Waals surface area (Å²) in [4.78, 5) is 1.03. The minimum Gasteiger partial charge on any atom is -0.271 e. The smallest absolute Gasteiger partial charge is 0.142 e. The Kier molecular flexibility index (Phi) is 3.56. The third kappa shape index (κ3) is 2.25.